The minimum absolute atomic E-state index is 0.0957. The molecule has 0 atom stereocenters. The molecular formula is C26H37N5O2S. The second-order valence-electron chi connectivity index (χ2n) is 10.4. The zero-order chi connectivity index (χ0) is 23.8. The van der Waals surface area contributed by atoms with Gasteiger partial charge in [0.1, 0.15) is 0 Å². The number of hydrogen-bond donors (Lipinski definition) is 0. The van der Waals surface area contributed by atoms with Gasteiger partial charge in [-0.25, -0.2) is 0 Å². The predicted molar refractivity (Wildman–Crippen MR) is 135 cm³/mol. The Morgan fingerprint density at radius 2 is 1.79 bits per heavy atom. The largest absolute Gasteiger partial charge is 0.343 e. The third-order valence-corrected chi connectivity index (χ3v) is 8.73. The summed E-state index contributed by atoms with van der Waals surface area (Å²) in [4.78, 5) is 33.4. The normalized spacial score (nSPS) is 19.4. The van der Waals surface area contributed by atoms with Crippen molar-refractivity contribution in [2.24, 2.45) is 5.92 Å². The van der Waals surface area contributed by atoms with Gasteiger partial charge >= 0.3 is 0 Å². The van der Waals surface area contributed by atoms with Gasteiger partial charge in [0.25, 0.3) is 5.91 Å². The quantitative estimate of drug-likeness (QED) is 0.651. The Hall–Kier alpha value is -2.19. The zero-order valence-corrected chi connectivity index (χ0v) is 21.6. The van der Waals surface area contributed by atoms with Gasteiger partial charge in [-0.05, 0) is 56.0 Å². The summed E-state index contributed by atoms with van der Waals surface area (Å²) in [7, 11) is 0. The summed E-state index contributed by atoms with van der Waals surface area (Å²) in [6.45, 7) is 12.2. The van der Waals surface area contributed by atoms with Gasteiger partial charge in [-0.15, -0.1) is 11.3 Å². The number of carbonyl (C=O) groups excluding carboxylic acids is 2. The highest BCUT2D eigenvalue weighted by molar-refractivity contribution is 7.10. The van der Waals surface area contributed by atoms with Crippen molar-refractivity contribution >= 4 is 23.2 Å². The molecule has 0 unspecified atom stereocenters. The van der Waals surface area contributed by atoms with Crippen molar-refractivity contribution in [2.45, 2.75) is 58.9 Å². The Morgan fingerprint density at radius 3 is 2.47 bits per heavy atom. The molecule has 0 saturated carbocycles. The van der Waals surface area contributed by atoms with E-state index in [4.69, 9.17) is 5.10 Å². The van der Waals surface area contributed by atoms with E-state index >= 15 is 0 Å². The third-order valence-electron chi connectivity index (χ3n) is 7.75. The van der Waals surface area contributed by atoms with E-state index in [9.17, 15) is 9.59 Å². The fourth-order valence-corrected chi connectivity index (χ4v) is 6.48. The highest BCUT2D eigenvalue weighted by atomic mass is 32.1. The lowest BCUT2D eigenvalue weighted by Gasteiger charge is -2.35. The molecule has 0 spiro atoms. The van der Waals surface area contributed by atoms with Crippen LogP contribution in [0, 0.1) is 5.92 Å². The van der Waals surface area contributed by atoms with Crippen LogP contribution in [0.4, 0.5) is 0 Å². The molecule has 1 aliphatic carbocycles. The smallest absolute Gasteiger partial charge is 0.274 e. The summed E-state index contributed by atoms with van der Waals surface area (Å²) in [6.07, 6.45) is 4.84. The summed E-state index contributed by atoms with van der Waals surface area (Å²) in [6, 6.07) is 2.42. The standard InChI is InChI=1S/C26H37N5O2S/c1-18(2)6-10-28-13-15-30(16-14-28)26(33)24-22-4-5-23-21(9-17-34-23)25(22)31(27-24)20-7-11-29(12-8-20)19(3)32/h9,17-18,20H,4-8,10-16H2,1-3H3. The number of amides is 2. The first-order valence-electron chi connectivity index (χ1n) is 12.9. The van der Waals surface area contributed by atoms with Crippen LogP contribution in [0.1, 0.15) is 67.0 Å². The molecule has 2 aromatic heterocycles. The van der Waals surface area contributed by atoms with Crippen molar-refractivity contribution in [2.75, 3.05) is 45.8 Å². The van der Waals surface area contributed by atoms with Crippen molar-refractivity contribution in [1.29, 1.82) is 0 Å². The number of thiophene rings is 1. The van der Waals surface area contributed by atoms with Crippen LogP contribution in [0.25, 0.3) is 11.3 Å². The molecule has 2 aromatic rings. The van der Waals surface area contributed by atoms with Crippen LogP contribution in [-0.4, -0.2) is 82.1 Å². The van der Waals surface area contributed by atoms with Gasteiger partial charge in [-0.2, -0.15) is 5.10 Å². The molecule has 34 heavy (non-hydrogen) atoms. The van der Waals surface area contributed by atoms with E-state index in [1.165, 1.54) is 16.9 Å². The second-order valence-corrected chi connectivity index (χ2v) is 11.4. The summed E-state index contributed by atoms with van der Waals surface area (Å²) < 4.78 is 2.16. The number of piperidine rings is 1. The molecule has 0 N–H and O–H groups in total. The highest BCUT2D eigenvalue weighted by Gasteiger charge is 2.35. The van der Waals surface area contributed by atoms with Crippen LogP contribution in [0.2, 0.25) is 0 Å². The number of aryl methyl sites for hydroxylation is 1. The third kappa shape index (κ3) is 4.54. The van der Waals surface area contributed by atoms with E-state index < -0.39 is 0 Å². The first-order chi connectivity index (χ1) is 16.4. The molecule has 0 aromatic carbocycles. The molecule has 0 radical (unpaired) electrons. The second kappa shape index (κ2) is 9.82. The van der Waals surface area contributed by atoms with Crippen molar-refractivity contribution in [3.05, 3.63) is 27.6 Å². The number of piperazine rings is 1. The predicted octanol–water partition coefficient (Wildman–Crippen LogP) is 3.70. The van der Waals surface area contributed by atoms with Gasteiger partial charge in [0.15, 0.2) is 5.69 Å². The number of carbonyl (C=O) groups is 2. The fourth-order valence-electron chi connectivity index (χ4n) is 5.60. The highest BCUT2D eigenvalue weighted by Crippen LogP contribution is 2.41. The number of nitrogens with zero attached hydrogens (tertiary/aromatic N) is 5. The summed E-state index contributed by atoms with van der Waals surface area (Å²) in [5.41, 5.74) is 4.21. The van der Waals surface area contributed by atoms with Crippen LogP contribution in [0.3, 0.4) is 0 Å². The number of hydrogen-bond acceptors (Lipinski definition) is 5. The number of fused-ring (bicyclic) bond motifs is 3. The lowest BCUT2D eigenvalue weighted by molar-refractivity contribution is -0.130. The molecule has 5 rings (SSSR count). The molecule has 3 aliphatic rings. The SMILES string of the molecule is CC(=O)N1CCC(n2nc(C(=O)N3CCN(CCC(C)C)CC3)c3c2-c2ccsc2CC3)CC1. The minimum Gasteiger partial charge on any atom is -0.343 e. The van der Waals surface area contributed by atoms with Crippen LogP contribution in [0.5, 0.6) is 0 Å². The first-order valence-corrected chi connectivity index (χ1v) is 13.8. The molecule has 184 valence electrons. The number of rotatable bonds is 5. The van der Waals surface area contributed by atoms with E-state index in [0.29, 0.717) is 11.6 Å². The van der Waals surface area contributed by atoms with Crippen molar-refractivity contribution in [3.8, 4) is 11.3 Å². The number of aromatic nitrogens is 2. The van der Waals surface area contributed by atoms with Crippen LogP contribution in [0.15, 0.2) is 11.4 Å². The monoisotopic (exact) mass is 483 g/mol. The van der Waals surface area contributed by atoms with Gasteiger partial charge < -0.3 is 9.80 Å². The van der Waals surface area contributed by atoms with Crippen LogP contribution in [-0.2, 0) is 17.6 Å². The molecular weight excluding hydrogens is 446 g/mol. The zero-order valence-electron chi connectivity index (χ0n) is 20.8. The Kier molecular flexibility index (Phi) is 6.80. The van der Waals surface area contributed by atoms with Crippen LogP contribution < -0.4 is 0 Å². The molecule has 2 amide bonds. The van der Waals surface area contributed by atoms with Gasteiger partial charge in [0.2, 0.25) is 5.91 Å². The van der Waals surface area contributed by atoms with Crippen molar-refractivity contribution in [3.63, 3.8) is 0 Å². The topological polar surface area (TPSA) is 61.7 Å². The Balaban J connectivity index is 1.38. The Bertz CT molecular complexity index is 1040. The molecule has 7 nitrogen and oxygen atoms in total. The van der Waals surface area contributed by atoms with E-state index in [1.54, 1.807) is 18.3 Å². The maximum atomic E-state index is 13.7. The lowest BCUT2D eigenvalue weighted by Crippen LogP contribution is -2.49. The maximum Gasteiger partial charge on any atom is 0.274 e. The van der Waals surface area contributed by atoms with E-state index in [0.717, 1.165) is 82.8 Å². The van der Waals surface area contributed by atoms with Crippen LogP contribution >= 0.6 is 11.3 Å². The molecule has 8 heteroatoms. The average Bonchev–Trinajstić information content (AvgIpc) is 3.47. The maximum absolute atomic E-state index is 13.7. The molecule has 4 heterocycles. The molecule has 2 aliphatic heterocycles. The molecule has 2 saturated heterocycles. The van der Waals surface area contributed by atoms with E-state index in [1.807, 2.05) is 9.80 Å². The molecule has 0 bridgehead atoms. The van der Waals surface area contributed by atoms with Crippen molar-refractivity contribution in [1.82, 2.24) is 24.5 Å². The summed E-state index contributed by atoms with van der Waals surface area (Å²) in [5.74, 6) is 0.947. The van der Waals surface area contributed by atoms with Gasteiger partial charge in [0, 0.05) is 62.2 Å². The van der Waals surface area contributed by atoms with E-state index in [-0.39, 0.29) is 17.9 Å². The summed E-state index contributed by atoms with van der Waals surface area (Å²) >= 11 is 1.81. The summed E-state index contributed by atoms with van der Waals surface area (Å²) in [5, 5.41) is 7.19. The minimum atomic E-state index is 0.0957. The van der Waals surface area contributed by atoms with Crippen molar-refractivity contribution < 1.29 is 9.59 Å². The van der Waals surface area contributed by atoms with Gasteiger partial charge in [-0.3, -0.25) is 19.2 Å². The Morgan fingerprint density at radius 1 is 1.06 bits per heavy atom. The van der Waals surface area contributed by atoms with Gasteiger partial charge in [-0.1, -0.05) is 13.8 Å². The average molecular weight is 484 g/mol. The van der Waals surface area contributed by atoms with Gasteiger partial charge in [0.05, 0.1) is 11.7 Å². The molecule has 2 fully saturated rings. The fraction of sp³-hybridized carbons (Fsp3) is 0.654. The number of likely N-dealkylation sites (tertiary alicyclic amines) is 1. The van der Waals surface area contributed by atoms with E-state index in [2.05, 4.69) is 34.9 Å². The lowest BCUT2D eigenvalue weighted by atomic mass is 9.93. The first kappa shape index (κ1) is 23.5. The Labute approximate surface area is 206 Å².